The van der Waals surface area contributed by atoms with Crippen LogP contribution in [0.3, 0.4) is 0 Å². The summed E-state index contributed by atoms with van der Waals surface area (Å²) in [5.74, 6) is 1.98. The summed E-state index contributed by atoms with van der Waals surface area (Å²) < 4.78 is 10.6. The van der Waals surface area contributed by atoms with Crippen molar-refractivity contribution in [3.05, 3.63) is 41.2 Å². The standard InChI is InChI=1S/C18H20N4O3/c1-12-14(10-20-18(21-12)22-6-2-3-7-22)17(23)19-9-13-4-5-15-16(8-13)25-11-24-15/h4-5,8,10H,2-3,6-7,9,11H2,1H3,(H,19,23). The molecule has 2 aliphatic heterocycles. The number of ether oxygens (including phenoxy) is 2. The summed E-state index contributed by atoms with van der Waals surface area (Å²) in [6, 6.07) is 5.64. The van der Waals surface area contributed by atoms with E-state index in [1.165, 1.54) is 12.8 Å². The highest BCUT2D eigenvalue weighted by Crippen LogP contribution is 2.32. The third-order valence-corrected chi connectivity index (χ3v) is 4.49. The normalized spacial score (nSPS) is 15.5. The van der Waals surface area contributed by atoms with E-state index < -0.39 is 0 Å². The Balaban J connectivity index is 1.42. The lowest BCUT2D eigenvalue weighted by atomic mass is 10.2. The first-order valence-corrected chi connectivity index (χ1v) is 8.46. The van der Waals surface area contributed by atoms with Gasteiger partial charge in [0.25, 0.3) is 5.91 Å². The summed E-state index contributed by atoms with van der Waals surface area (Å²) in [6.07, 6.45) is 3.95. The van der Waals surface area contributed by atoms with E-state index in [4.69, 9.17) is 9.47 Å². The number of carbonyl (C=O) groups excluding carboxylic acids is 1. The largest absolute Gasteiger partial charge is 0.454 e. The zero-order valence-corrected chi connectivity index (χ0v) is 14.1. The fourth-order valence-corrected chi connectivity index (χ4v) is 3.08. The lowest BCUT2D eigenvalue weighted by Crippen LogP contribution is -2.26. The minimum absolute atomic E-state index is 0.178. The monoisotopic (exact) mass is 340 g/mol. The highest BCUT2D eigenvalue weighted by atomic mass is 16.7. The average molecular weight is 340 g/mol. The van der Waals surface area contributed by atoms with Gasteiger partial charge in [0.15, 0.2) is 11.5 Å². The Bertz CT molecular complexity index is 803. The lowest BCUT2D eigenvalue weighted by molar-refractivity contribution is 0.0949. The maximum Gasteiger partial charge on any atom is 0.254 e. The molecule has 0 spiro atoms. The molecule has 0 atom stereocenters. The number of aromatic nitrogens is 2. The molecule has 1 fully saturated rings. The molecule has 2 aromatic rings. The predicted molar refractivity (Wildman–Crippen MR) is 92.0 cm³/mol. The van der Waals surface area contributed by atoms with Crippen LogP contribution in [0.4, 0.5) is 5.95 Å². The van der Waals surface area contributed by atoms with Gasteiger partial charge < -0.3 is 19.7 Å². The molecule has 0 radical (unpaired) electrons. The van der Waals surface area contributed by atoms with E-state index in [1.807, 2.05) is 25.1 Å². The topological polar surface area (TPSA) is 76.6 Å². The van der Waals surface area contributed by atoms with Gasteiger partial charge in [-0.25, -0.2) is 9.97 Å². The zero-order valence-electron chi connectivity index (χ0n) is 14.1. The van der Waals surface area contributed by atoms with Crippen molar-refractivity contribution >= 4 is 11.9 Å². The first-order chi connectivity index (χ1) is 12.2. The first-order valence-electron chi connectivity index (χ1n) is 8.46. The number of rotatable bonds is 4. The number of amides is 1. The van der Waals surface area contributed by atoms with Crippen molar-refractivity contribution in [1.29, 1.82) is 0 Å². The Morgan fingerprint density at radius 3 is 2.84 bits per heavy atom. The van der Waals surface area contributed by atoms with Crippen molar-refractivity contribution in [3.63, 3.8) is 0 Å². The molecule has 7 heteroatoms. The number of hydrogen-bond donors (Lipinski definition) is 1. The van der Waals surface area contributed by atoms with Crippen LogP contribution in [-0.2, 0) is 6.54 Å². The van der Waals surface area contributed by atoms with Crippen molar-refractivity contribution in [2.75, 3.05) is 24.8 Å². The van der Waals surface area contributed by atoms with Crippen LogP contribution in [-0.4, -0.2) is 35.8 Å². The number of nitrogens with zero attached hydrogens (tertiary/aromatic N) is 3. The van der Waals surface area contributed by atoms with Gasteiger partial charge in [0.2, 0.25) is 12.7 Å². The Morgan fingerprint density at radius 1 is 1.24 bits per heavy atom. The number of anilines is 1. The lowest BCUT2D eigenvalue weighted by Gasteiger charge is -2.16. The number of carbonyl (C=O) groups is 1. The van der Waals surface area contributed by atoms with Crippen molar-refractivity contribution in [2.45, 2.75) is 26.3 Å². The van der Waals surface area contributed by atoms with E-state index in [9.17, 15) is 4.79 Å². The van der Waals surface area contributed by atoms with E-state index in [0.717, 1.165) is 24.4 Å². The van der Waals surface area contributed by atoms with Gasteiger partial charge >= 0.3 is 0 Å². The smallest absolute Gasteiger partial charge is 0.254 e. The molecule has 1 aromatic carbocycles. The fraction of sp³-hybridized carbons (Fsp3) is 0.389. The SMILES string of the molecule is Cc1nc(N2CCCC2)ncc1C(=O)NCc1ccc2c(c1)OCO2. The molecular weight excluding hydrogens is 320 g/mol. The molecule has 0 aliphatic carbocycles. The summed E-state index contributed by atoms with van der Waals surface area (Å²) >= 11 is 0. The summed E-state index contributed by atoms with van der Waals surface area (Å²) in [7, 11) is 0. The van der Waals surface area contributed by atoms with E-state index in [0.29, 0.717) is 29.5 Å². The van der Waals surface area contributed by atoms with Gasteiger partial charge in [-0.05, 0) is 37.5 Å². The summed E-state index contributed by atoms with van der Waals surface area (Å²) in [5.41, 5.74) is 2.15. The molecule has 25 heavy (non-hydrogen) atoms. The molecule has 3 heterocycles. The predicted octanol–water partition coefficient (Wildman–Crippen LogP) is 2.04. The van der Waals surface area contributed by atoms with Crippen LogP contribution < -0.4 is 19.7 Å². The highest BCUT2D eigenvalue weighted by molar-refractivity contribution is 5.94. The summed E-state index contributed by atoms with van der Waals surface area (Å²) in [6.45, 7) is 4.45. The van der Waals surface area contributed by atoms with Gasteiger partial charge in [0, 0.05) is 25.8 Å². The van der Waals surface area contributed by atoms with Gasteiger partial charge in [0.1, 0.15) is 0 Å². The first kappa shape index (κ1) is 15.7. The van der Waals surface area contributed by atoms with Gasteiger partial charge in [0.05, 0.1) is 11.3 Å². The van der Waals surface area contributed by atoms with Crippen LogP contribution in [0.1, 0.15) is 34.5 Å². The van der Waals surface area contributed by atoms with Gasteiger partial charge in [-0.3, -0.25) is 4.79 Å². The minimum atomic E-state index is -0.178. The van der Waals surface area contributed by atoms with Crippen LogP contribution in [0.25, 0.3) is 0 Å². The fourth-order valence-electron chi connectivity index (χ4n) is 3.08. The van der Waals surface area contributed by atoms with Gasteiger partial charge in [-0.2, -0.15) is 0 Å². The molecule has 1 N–H and O–H groups in total. The molecule has 1 amide bonds. The highest BCUT2D eigenvalue weighted by Gasteiger charge is 2.18. The number of benzene rings is 1. The molecule has 4 rings (SSSR count). The molecule has 2 aliphatic rings. The van der Waals surface area contributed by atoms with Crippen LogP contribution in [0.2, 0.25) is 0 Å². The van der Waals surface area contributed by atoms with Crippen LogP contribution >= 0.6 is 0 Å². The van der Waals surface area contributed by atoms with E-state index in [2.05, 4.69) is 20.2 Å². The van der Waals surface area contributed by atoms with Crippen molar-refractivity contribution < 1.29 is 14.3 Å². The minimum Gasteiger partial charge on any atom is -0.454 e. The number of nitrogens with one attached hydrogen (secondary N) is 1. The zero-order chi connectivity index (χ0) is 17.2. The van der Waals surface area contributed by atoms with E-state index in [1.54, 1.807) is 6.20 Å². The third kappa shape index (κ3) is 3.22. The van der Waals surface area contributed by atoms with Gasteiger partial charge in [-0.1, -0.05) is 6.07 Å². The molecular formula is C18H20N4O3. The molecule has 0 unspecified atom stereocenters. The van der Waals surface area contributed by atoms with Crippen molar-refractivity contribution in [3.8, 4) is 11.5 Å². The number of fused-ring (bicyclic) bond motifs is 1. The molecule has 0 saturated carbocycles. The van der Waals surface area contributed by atoms with Crippen molar-refractivity contribution in [1.82, 2.24) is 15.3 Å². The maximum atomic E-state index is 12.4. The number of hydrogen-bond acceptors (Lipinski definition) is 6. The molecule has 1 saturated heterocycles. The Kier molecular flexibility index (Phi) is 4.13. The summed E-state index contributed by atoms with van der Waals surface area (Å²) in [4.78, 5) is 23.5. The van der Waals surface area contributed by atoms with Crippen molar-refractivity contribution in [2.24, 2.45) is 0 Å². The second kappa shape index (κ2) is 6.58. The second-order valence-corrected chi connectivity index (χ2v) is 6.23. The number of aryl methyl sites for hydroxylation is 1. The quantitative estimate of drug-likeness (QED) is 0.918. The van der Waals surface area contributed by atoms with Gasteiger partial charge in [-0.15, -0.1) is 0 Å². The second-order valence-electron chi connectivity index (χ2n) is 6.23. The Morgan fingerprint density at radius 2 is 2.04 bits per heavy atom. The molecule has 7 nitrogen and oxygen atoms in total. The van der Waals surface area contributed by atoms with Crippen LogP contribution in [0.5, 0.6) is 11.5 Å². The maximum absolute atomic E-state index is 12.4. The summed E-state index contributed by atoms with van der Waals surface area (Å²) in [5, 5.41) is 2.91. The molecule has 130 valence electrons. The van der Waals surface area contributed by atoms with E-state index in [-0.39, 0.29) is 12.7 Å². The van der Waals surface area contributed by atoms with E-state index >= 15 is 0 Å². The van der Waals surface area contributed by atoms with Crippen LogP contribution in [0.15, 0.2) is 24.4 Å². The third-order valence-electron chi connectivity index (χ3n) is 4.49. The molecule has 0 bridgehead atoms. The Labute approximate surface area is 146 Å². The molecule has 1 aromatic heterocycles. The average Bonchev–Trinajstić information content (AvgIpc) is 3.30. The Hall–Kier alpha value is -2.83. The van der Waals surface area contributed by atoms with Crippen LogP contribution in [0, 0.1) is 6.92 Å².